The first-order valence-corrected chi connectivity index (χ1v) is 8.57. The highest BCUT2D eigenvalue weighted by Gasteiger charge is 2.48. The fourth-order valence-electron chi connectivity index (χ4n) is 2.46. The lowest BCUT2D eigenvalue weighted by atomic mass is 9.99. The molecule has 0 amide bonds. The number of fused-ring (bicyclic) bond motifs is 1. The molecule has 26 heavy (non-hydrogen) atoms. The smallest absolute Gasteiger partial charge is 0.430 e. The van der Waals surface area contributed by atoms with Gasteiger partial charge in [0.05, 0.1) is 12.2 Å². The number of halogens is 4. The summed E-state index contributed by atoms with van der Waals surface area (Å²) in [5, 5.41) is 0.393. The van der Waals surface area contributed by atoms with Crippen molar-refractivity contribution in [3.05, 3.63) is 33.9 Å². The summed E-state index contributed by atoms with van der Waals surface area (Å²) >= 11 is 6.27. The molecule has 0 saturated carbocycles. The maximum atomic E-state index is 13.4. The summed E-state index contributed by atoms with van der Waals surface area (Å²) in [6.07, 6.45) is -5.98. The highest BCUT2D eigenvalue weighted by molar-refractivity contribution is 6.31. The number of nitrogens with zero attached hydrogens (tertiary/aromatic N) is 1. The Balaban J connectivity index is 2.45. The lowest BCUT2D eigenvalue weighted by Gasteiger charge is -2.29. The average Bonchev–Trinajstić information content (AvgIpc) is 2.53. The highest BCUT2D eigenvalue weighted by atomic mass is 35.5. The number of rotatable bonds is 5. The van der Waals surface area contributed by atoms with Crippen molar-refractivity contribution in [3.63, 3.8) is 0 Å². The van der Waals surface area contributed by atoms with Crippen molar-refractivity contribution in [1.82, 2.24) is 4.90 Å². The Bertz CT molecular complexity index is 716. The summed E-state index contributed by atoms with van der Waals surface area (Å²) < 4.78 is 50.0. The molecule has 0 bridgehead atoms. The van der Waals surface area contributed by atoms with Gasteiger partial charge >= 0.3 is 12.1 Å². The maximum Gasteiger partial charge on any atom is 0.430 e. The Hall–Kier alpha value is -1.73. The van der Waals surface area contributed by atoms with Gasteiger partial charge in [0, 0.05) is 23.2 Å². The van der Waals surface area contributed by atoms with E-state index in [9.17, 15) is 18.0 Å². The molecule has 0 spiro atoms. The Morgan fingerprint density at radius 2 is 2.04 bits per heavy atom. The summed E-state index contributed by atoms with van der Waals surface area (Å²) in [4.78, 5) is 13.9. The van der Waals surface area contributed by atoms with E-state index in [1.54, 1.807) is 0 Å². The van der Waals surface area contributed by atoms with E-state index in [-0.39, 0.29) is 18.4 Å². The van der Waals surface area contributed by atoms with Crippen molar-refractivity contribution >= 4 is 23.6 Å². The number of ether oxygens (including phenoxy) is 2. The van der Waals surface area contributed by atoms with E-state index in [0.29, 0.717) is 22.7 Å². The molecule has 144 valence electrons. The quantitative estimate of drug-likeness (QED) is 0.695. The van der Waals surface area contributed by atoms with Crippen molar-refractivity contribution in [2.45, 2.75) is 45.6 Å². The second kappa shape index (κ2) is 7.88. The summed E-state index contributed by atoms with van der Waals surface area (Å²) in [6, 6.07) is 3.24. The van der Waals surface area contributed by atoms with Crippen molar-refractivity contribution < 1.29 is 27.4 Å². The van der Waals surface area contributed by atoms with E-state index in [1.165, 1.54) is 19.1 Å². The van der Waals surface area contributed by atoms with Gasteiger partial charge in [0.2, 0.25) is 6.10 Å². The zero-order chi connectivity index (χ0) is 19.6. The molecule has 1 aromatic rings. The third kappa shape index (κ3) is 4.51. The largest absolute Gasteiger partial charge is 0.475 e. The number of alkyl halides is 3. The highest BCUT2D eigenvalue weighted by Crippen LogP contribution is 2.40. The molecule has 2 rings (SSSR count). The molecule has 1 aromatic carbocycles. The van der Waals surface area contributed by atoms with Crippen LogP contribution >= 0.6 is 11.6 Å². The fraction of sp³-hybridized carbons (Fsp3) is 0.500. The van der Waals surface area contributed by atoms with Crippen LogP contribution in [0.2, 0.25) is 5.02 Å². The number of carbonyl (C=O) groups is 1. The van der Waals surface area contributed by atoms with Gasteiger partial charge in [-0.15, -0.1) is 0 Å². The number of hydrogen-bond donors (Lipinski definition) is 0. The van der Waals surface area contributed by atoms with Gasteiger partial charge in [0.25, 0.3) is 0 Å². The van der Waals surface area contributed by atoms with Crippen LogP contribution in [0.3, 0.4) is 0 Å². The molecule has 1 unspecified atom stereocenters. The molecule has 1 aliphatic rings. The van der Waals surface area contributed by atoms with E-state index in [0.717, 1.165) is 6.08 Å². The molecule has 1 atom stereocenters. The van der Waals surface area contributed by atoms with Crippen LogP contribution in [0.15, 0.2) is 17.7 Å². The average molecular weight is 392 g/mol. The summed E-state index contributed by atoms with van der Waals surface area (Å²) in [5.41, 5.74) is 0.375. The number of hydrogen-bond acceptors (Lipinski definition) is 4. The number of esters is 1. The third-order valence-electron chi connectivity index (χ3n) is 4.13. The predicted octanol–water partition coefficient (Wildman–Crippen LogP) is 4.45. The second-order valence-corrected chi connectivity index (χ2v) is 6.76. The van der Waals surface area contributed by atoms with Gasteiger partial charge in [-0.3, -0.25) is 4.90 Å². The predicted molar refractivity (Wildman–Crippen MR) is 93.1 cm³/mol. The van der Waals surface area contributed by atoms with Gasteiger partial charge in [-0.1, -0.05) is 11.6 Å². The Kier molecular flexibility index (Phi) is 6.24. The van der Waals surface area contributed by atoms with Gasteiger partial charge < -0.3 is 9.47 Å². The van der Waals surface area contributed by atoms with Crippen LogP contribution in [-0.2, 0) is 16.1 Å². The normalized spacial score (nSPS) is 17.0. The fourth-order valence-corrected chi connectivity index (χ4v) is 2.69. The number of benzene rings is 1. The Labute approximate surface area is 155 Å². The van der Waals surface area contributed by atoms with Gasteiger partial charge in [-0.05, 0) is 51.6 Å². The molecule has 4 nitrogen and oxygen atoms in total. The van der Waals surface area contributed by atoms with Crippen LogP contribution in [0.1, 0.15) is 31.9 Å². The van der Waals surface area contributed by atoms with E-state index in [1.807, 2.05) is 25.8 Å². The maximum absolute atomic E-state index is 13.4. The molecular formula is C18H21ClF3NO3. The monoisotopic (exact) mass is 391 g/mol. The van der Waals surface area contributed by atoms with Crippen LogP contribution in [0.25, 0.3) is 6.08 Å². The zero-order valence-corrected chi connectivity index (χ0v) is 15.7. The van der Waals surface area contributed by atoms with E-state index in [2.05, 4.69) is 0 Å². The summed E-state index contributed by atoms with van der Waals surface area (Å²) in [6.45, 7) is 5.94. The molecule has 1 heterocycles. The first kappa shape index (κ1) is 20.6. The molecule has 8 heteroatoms. The topological polar surface area (TPSA) is 38.8 Å². The zero-order valence-electron chi connectivity index (χ0n) is 15.0. The minimum atomic E-state index is -4.75. The third-order valence-corrected chi connectivity index (χ3v) is 4.48. The van der Waals surface area contributed by atoms with E-state index in [4.69, 9.17) is 21.1 Å². The SMILES string of the molecule is CCOC(=O)C1=Cc2cc(Cl)c(CN(C)C(C)C)cc2OC1C(F)(F)F. The van der Waals surface area contributed by atoms with E-state index >= 15 is 0 Å². The molecule has 0 aromatic heterocycles. The van der Waals surface area contributed by atoms with Crippen molar-refractivity contribution in [1.29, 1.82) is 0 Å². The van der Waals surface area contributed by atoms with Crippen LogP contribution in [0.4, 0.5) is 13.2 Å². The van der Waals surface area contributed by atoms with Crippen molar-refractivity contribution in [2.75, 3.05) is 13.7 Å². The van der Waals surface area contributed by atoms with Crippen molar-refractivity contribution in [2.24, 2.45) is 0 Å². The molecule has 0 N–H and O–H groups in total. The molecule has 0 saturated heterocycles. The molecule has 0 aliphatic carbocycles. The lowest BCUT2D eigenvalue weighted by Crippen LogP contribution is -2.40. The van der Waals surface area contributed by atoms with Crippen LogP contribution in [0, 0.1) is 0 Å². The molecule has 0 fully saturated rings. The summed E-state index contributed by atoms with van der Waals surface area (Å²) in [5.74, 6) is -1.02. The van der Waals surface area contributed by atoms with Crippen molar-refractivity contribution in [3.8, 4) is 5.75 Å². The second-order valence-electron chi connectivity index (χ2n) is 6.35. The first-order valence-electron chi connectivity index (χ1n) is 8.19. The summed E-state index contributed by atoms with van der Waals surface area (Å²) in [7, 11) is 1.89. The van der Waals surface area contributed by atoms with Gasteiger partial charge in [-0.25, -0.2) is 4.79 Å². The van der Waals surface area contributed by atoms with Crippen LogP contribution < -0.4 is 4.74 Å². The van der Waals surface area contributed by atoms with Crippen LogP contribution in [-0.4, -0.2) is 42.8 Å². The number of carbonyl (C=O) groups excluding carboxylic acids is 1. The Morgan fingerprint density at radius 1 is 1.38 bits per heavy atom. The van der Waals surface area contributed by atoms with E-state index < -0.39 is 23.8 Å². The van der Waals surface area contributed by atoms with Gasteiger partial charge in [0.15, 0.2) is 0 Å². The Morgan fingerprint density at radius 3 is 2.58 bits per heavy atom. The first-order chi connectivity index (χ1) is 12.0. The lowest BCUT2D eigenvalue weighted by molar-refractivity contribution is -0.187. The molecular weight excluding hydrogens is 371 g/mol. The standard InChI is InChI=1S/C18H21ClF3NO3/c1-5-25-17(24)13-6-11-7-14(19)12(9-23(4)10(2)3)8-15(11)26-16(13)18(20,21)22/h6-8,10,16H,5,9H2,1-4H3. The van der Waals surface area contributed by atoms with Gasteiger partial charge in [0.1, 0.15) is 5.75 Å². The molecule has 0 radical (unpaired) electrons. The molecule has 1 aliphatic heterocycles. The van der Waals surface area contributed by atoms with Crippen LogP contribution in [0.5, 0.6) is 5.75 Å². The minimum absolute atomic E-state index is 0.0329. The van der Waals surface area contributed by atoms with Gasteiger partial charge in [-0.2, -0.15) is 13.2 Å². The minimum Gasteiger partial charge on any atom is -0.475 e.